The van der Waals surface area contributed by atoms with Gasteiger partial charge in [0.05, 0.1) is 6.04 Å². The molecular formula is C13H17BrN2O. The summed E-state index contributed by atoms with van der Waals surface area (Å²) in [5.74, 6) is 0.201. The van der Waals surface area contributed by atoms with Crippen LogP contribution in [0.25, 0.3) is 0 Å². The van der Waals surface area contributed by atoms with Crippen molar-refractivity contribution >= 4 is 21.8 Å². The quantitative estimate of drug-likeness (QED) is 0.928. The SMILES string of the molecule is CC(NC1CCN(C)C1=O)c1cccc(Br)c1. The van der Waals surface area contributed by atoms with Crippen molar-refractivity contribution < 1.29 is 4.79 Å². The number of likely N-dealkylation sites (tertiary alicyclic amines) is 1. The zero-order valence-corrected chi connectivity index (χ0v) is 11.7. The van der Waals surface area contributed by atoms with Crippen molar-refractivity contribution in [2.24, 2.45) is 0 Å². The maximum absolute atomic E-state index is 11.8. The van der Waals surface area contributed by atoms with Crippen molar-refractivity contribution in [2.45, 2.75) is 25.4 Å². The van der Waals surface area contributed by atoms with Gasteiger partial charge in [-0.05, 0) is 31.0 Å². The summed E-state index contributed by atoms with van der Waals surface area (Å²) >= 11 is 3.46. The fraction of sp³-hybridized carbons (Fsp3) is 0.462. The maximum Gasteiger partial charge on any atom is 0.239 e. The molecule has 0 aliphatic carbocycles. The minimum atomic E-state index is -0.0334. The van der Waals surface area contributed by atoms with Gasteiger partial charge in [-0.15, -0.1) is 0 Å². The van der Waals surface area contributed by atoms with E-state index in [2.05, 4.69) is 40.3 Å². The lowest BCUT2D eigenvalue weighted by molar-refractivity contribution is -0.128. The van der Waals surface area contributed by atoms with Gasteiger partial charge in [-0.2, -0.15) is 0 Å². The molecule has 0 aromatic heterocycles. The lowest BCUT2D eigenvalue weighted by Gasteiger charge is -2.19. The van der Waals surface area contributed by atoms with Crippen LogP contribution in [0.3, 0.4) is 0 Å². The molecule has 1 amide bonds. The largest absolute Gasteiger partial charge is 0.344 e. The van der Waals surface area contributed by atoms with Gasteiger partial charge in [-0.1, -0.05) is 28.1 Å². The van der Waals surface area contributed by atoms with Crippen LogP contribution in [0.1, 0.15) is 24.9 Å². The van der Waals surface area contributed by atoms with E-state index in [0.717, 1.165) is 17.4 Å². The lowest BCUT2D eigenvalue weighted by atomic mass is 10.1. The molecule has 3 nitrogen and oxygen atoms in total. The number of carbonyl (C=O) groups is 1. The number of likely N-dealkylation sites (N-methyl/N-ethyl adjacent to an activating group) is 1. The van der Waals surface area contributed by atoms with E-state index in [1.165, 1.54) is 5.56 Å². The maximum atomic E-state index is 11.8. The third-order valence-corrected chi connectivity index (χ3v) is 3.72. The van der Waals surface area contributed by atoms with Crippen LogP contribution in [0.4, 0.5) is 0 Å². The third-order valence-electron chi connectivity index (χ3n) is 3.23. The number of hydrogen-bond acceptors (Lipinski definition) is 2. The summed E-state index contributed by atoms with van der Waals surface area (Å²) in [6.07, 6.45) is 0.897. The predicted octanol–water partition coefficient (Wildman–Crippen LogP) is 2.33. The van der Waals surface area contributed by atoms with E-state index in [9.17, 15) is 4.79 Å². The average molecular weight is 297 g/mol. The Hall–Kier alpha value is -0.870. The second-order valence-corrected chi connectivity index (χ2v) is 5.46. The van der Waals surface area contributed by atoms with Crippen molar-refractivity contribution in [1.82, 2.24) is 10.2 Å². The van der Waals surface area contributed by atoms with Gasteiger partial charge in [0.25, 0.3) is 0 Å². The van der Waals surface area contributed by atoms with Crippen LogP contribution in [0.2, 0.25) is 0 Å². The van der Waals surface area contributed by atoms with Crippen molar-refractivity contribution in [3.8, 4) is 0 Å². The Morgan fingerprint density at radius 3 is 2.88 bits per heavy atom. The molecule has 1 saturated heterocycles. The van der Waals surface area contributed by atoms with Gasteiger partial charge in [0.1, 0.15) is 0 Å². The standard InChI is InChI=1S/C13H17BrN2O/c1-9(10-4-3-5-11(14)8-10)15-12-6-7-16(2)13(12)17/h3-5,8-9,12,15H,6-7H2,1-2H3. The van der Waals surface area contributed by atoms with Crippen LogP contribution in [0.5, 0.6) is 0 Å². The number of nitrogens with zero attached hydrogens (tertiary/aromatic N) is 1. The Balaban J connectivity index is 2.02. The highest BCUT2D eigenvalue weighted by molar-refractivity contribution is 9.10. The van der Waals surface area contributed by atoms with Gasteiger partial charge in [0.15, 0.2) is 0 Å². The minimum absolute atomic E-state index is 0.0334. The molecule has 1 aliphatic heterocycles. The van der Waals surface area contributed by atoms with E-state index in [-0.39, 0.29) is 18.0 Å². The van der Waals surface area contributed by atoms with Crippen LogP contribution >= 0.6 is 15.9 Å². The van der Waals surface area contributed by atoms with Gasteiger partial charge in [-0.25, -0.2) is 0 Å². The lowest BCUT2D eigenvalue weighted by Crippen LogP contribution is -2.38. The van der Waals surface area contributed by atoms with Crippen LogP contribution in [-0.2, 0) is 4.79 Å². The monoisotopic (exact) mass is 296 g/mol. The molecule has 0 bridgehead atoms. The molecule has 2 unspecified atom stereocenters. The summed E-state index contributed by atoms with van der Waals surface area (Å²) in [6, 6.07) is 8.33. The van der Waals surface area contributed by atoms with Crippen LogP contribution in [0.15, 0.2) is 28.7 Å². The topological polar surface area (TPSA) is 32.3 Å². The highest BCUT2D eigenvalue weighted by atomic mass is 79.9. The molecule has 1 N–H and O–H groups in total. The molecule has 92 valence electrons. The number of hydrogen-bond donors (Lipinski definition) is 1. The number of rotatable bonds is 3. The first-order chi connectivity index (χ1) is 8.08. The van der Waals surface area contributed by atoms with Crippen molar-refractivity contribution in [3.63, 3.8) is 0 Å². The van der Waals surface area contributed by atoms with Crippen molar-refractivity contribution in [2.75, 3.05) is 13.6 Å². The summed E-state index contributed by atoms with van der Waals surface area (Å²) in [4.78, 5) is 13.6. The molecule has 17 heavy (non-hydrogen) atoms. The van der Waals surface area contributed by atoms with Crippen molar-refractivity contribution in [3.05, 3.63) is 34.3 Å². The number of nitrogens with one attached hydrogen (secondary N) is 1. The van der Waals surface area contributed by atoms with Gasteiger partial charge in [-0.3, -0.25) is 10.1 Å². The van der Waals surface area contributed by atoms with E-state index >= 15 is 0 Å². The Bertz CT molecular complexity index is 422. The third kappa shape index (κ3) is 2.87. The molecule has 2 atom stereocenters. The van der Waals surface area contributed by atoms with Crippen LogP contribution < -0.4 is 5.32 Å². The predicted molar refractivity (Wildman–Crippen MR) is 71.7 cm³/mol. The van der Waals surface area contributed by atoms with E-state index in [1.807, 2.05) is 19.2 Å². The summed E-state index contributed by atoms with van der Waals surface area (Å²) in [7, 11) is 1.85. The molecular weight excluding hydrogens is 280 g/mol. The molecule has 1 heterocycles. The Morgan fingerprint density at radius 2 is 2.29 bits per heavy atom. The highest BCUT2D eigenvalue weighted by Gasteiger charge is 2.29. The van der Waals surface area contributed by atoms with Crippen molar-refractivity contribution in [1.29, 1.82) is 0 Å². The van der Waals surface area contributed by atoms with Crippen LogP contribution in [0, 0.1) is 0 Å². The van der Waals surface area contributed by atoms with Gasteiger partial charge in [0.2, 0.25) is 5.91 Å². The zero-order chi connectivity index (χ0) is 12.4. The first-order valence-corrected chi connectivity index (χ1v) is 6.63. The fourth-order valence-electron chi connectivity index (χ4n) is 2.15. The number of halogens is 1. The van der Waals surface area contributed by atoms with Gasteiger partial charge >= 0.3 is 0 Å². The molecule has 0 radical (unpaired) electrons. The molecule has 1 aliphatic rings. The number of amides is 1. The average Bonchev–Trinajstić information content (AvgIpc) is 2.61. The van der Waals surface area contributed by atoms with E-state index in [0.29, 0.717) is 0 Å². The molecule has 0 spiro atoms. The second kappa shape index (κ2) is 5.19. The summed E-state index contributed by atoms with van der Waals surface area (Å²) in [5, 5.41) is 3.39. The van der Waals surface area contributed by atoms with E-state index < -0.39 is 0 Å². The normalized spacial score (nSPS) is 21.9. The molecule has 4 heteroatoms. The van der Waals surface area contributed by atoms with E-state index in [1.54, 1.807) is 4.90 Å². The second-order valence-electron chi connectivity index (χ2n) is 4.54. The molecule has 0 saturated carbocycles. The summed E-state index contributed by atoms with van der Waals surface area (Å²) in [5.41, 5.74) is 1.20. The van der Waals surface area contributed by atoms with Gasteiger partial charge in [0, 0.05) is 24.1 Å². The molecule has 1 aromatic rings. The first-order valence-electron chi connectivity index (χ1n) is 5.84. The Kier molecular flexibility index (Phi) is 3.84. The minimum Gasteiger partial charge on any atom is -0.344 e. The van der Waals surface area contributed by atoms with Gasteiger partial charge < -0.3 is 4.90 Å². The molecule has 2 rings (SSSR count). The fourth-order valence-corrected chi connectivity index (χ4v) is 2.57. The Morgan fingerprint density at radius 1 is 1.53 bits per heavy atom. The smallest absolute Gasteiger partial charge is 0.239 e. The van der Waals surface area contributed by atoms with Crippen LogP contribution in [-0.4, -0.2) is 30.4 Å². The highest BCUT2D eigenvalue weighted by Crippen LogP contribution is 2.20. The molecule has 1 fully saturated rings. The summed E-state index contributed by atoms with van der Waals surface area (Å²) < 4.78 is 1.07. The number of benzene rings is 1. The molecule has 1 aromatic carbocycles. The van der Waals surface area contributed by atoms with E-state index in [4.69, 9.17) is 0 Å². The summed E-state index contributed by atoms with van der Waals surface area (Å²) in [6.45, 7) is 2.94. The number of carbonyl (C=O) groups excluding carboxylic acids is 1. The first kappa shape index (κ1) is 12.6. The Labute approximate surface area is 110 Å². The zero-order valence-electron chi connectivity index (χ0n) is 10.1.